The van der Waals surface area contributed by atoms with Gasteiger partial charge in [0.1, 0.15) is 6.33 Å². The third-order valence-corrected chi connectivity index (χ3v) is 6.45. The van der Waals surface area contributed by atoms with E-state index in [0.717, 1.165) is 34.6 Å². The van der Waals surface area contributed by atoms with Crippen LogP contribution in [0.1, 0.15) is 48.9 Å². The second kappa shape index (κ2) is 5.65. The first-order chi connectivity index (χ1) is 12.2. The van der Waals surface area contributed by atoms with E-state index in [-0.39, 0.29) is 11.4 Å². The van der Waals surface area contributed by atoms with Gasteiger partial charge in [-0.05, 0) is 68.4 Å². The molecule has 1 heterocycles. The molecule has 1 aromatic carbocycles. The first-order valence-corrected chi connectivity index (χ1v) is 9.39. The van der Waals surface area contributed by atoms with Crippen LogP contribution in [0, 0.1) is 17.8 Å². The van der Waals surface area contributed by atoms with Gasteiger partial charge < -0.3 is 5.32 Å². The summed E-state index contributed by atoms with van der Waals surface area (Å²) >= 11 is 0. The predicted octanol–water partition coefficient (Wildman–Crippen LogP) is 3.84. The molecule has 1 N–H and O–H groups in total. The summed E-state index contributed by atoms with van der Waals surface area (Å²) in [4.78, 5) is 21.5. The lowest BCUT2D eigenvalue weighted by molar-refractivity contribution is -0.0166. The second-order valence-corrected chi connectivity index (χ2v) is 8.29. The van der Waals surface area contributed by atoms with Crippen LogP contribution in [0.5, 0.6) is 0 Å². The molecule has 0 saturated heterocycles. The molecule has 128 valence electrons. The molecular weight excluding hydrogens is 310 g/mol. The van der Waals surface area contributed by atoms with Crippen LogP contribution >= 0.6 is 0 Å². The van der Waals surface area contributed by atoms with E-state index in [9.17, 15) is 4.79 Å². The lowest BCUT2D eigenvalue weighted by Gasteiger charge is -2.56. The summed E-state index contributed by atoms with van der Waals surface area (Å²) in [5.74, 6) is 2.52. The molecule has 0 unspecified atom stereocenters. The monoisotopic (exact) mass is 333 g/mol. The molecule has 4 fully saturated rings. The number of hydrogen-bond acceptors (Lipinski definition) is 3. The highest BCUT2D eigenvalue weighted by atomic mass is 16.1. The Hall–Kier alpha value is -2.23. The van der Waals surface area contributed by atoms with Gasteiger partial charge in [-0.2, -0.15) is 0 Å². The minimum absolute atomic E-state index is 0.0324. The predicted molar refractivity (Wildman–Crippen MR) is 95.8 cm³/mol. The van der Waals surface area contributed by atoms with Crippen LogP contribution in [0.3, 0.4) is 0 Å². The number of carbonyl (C=O) groups is 1. The van der Waals surface area contributed by atoms with Gasteiger partial charge in [-0.1, -0.05) is 18.2 Å². The Balaban J connectivity index is 1.44. The molecule has 4 aliphatic carbocycles. The standard InChI is InChI=1S/C21H23N3O/c25-20(18-4-2-1-3-17(18)19-5-6-22-13-23-19)24-21-10-14-7-15(11-21)9-16(8-14)12-21/h1-6,13-16H,7-12H2,(H,24,25). The average Bonchev–Trinajstić information content (AvgIpc) is 2.61. The SMILES string of the molecule is O=C(NC12CC3CC(CC(C3)C1)C2)c1ccccc1-c1ccncn1. The Kier molecular flexibility index (Phi) is 3.40. The van der Waals surface area contributed by atoms with Crippen LogP contribution in [0.15, 0.2) is 42.9 Å². The maximum Gasteiger partial charge on any atom is 0.252 e. The fraction of sp³-hybridized carbons (Fsp3) is 0.476. The Bertz CT molecular complexity index is 767. The smallest absolute Gasteiger partial charge is 0.252 e. The van der Waals surface area contributed by atoms with Crippen LogP contribution < -0.4 is 5.32 Å². The van der Waals surface area contributed by atoms with E-state index in [2.05, 4.69) is 15.3 Å². The van der Waals surface area contributed by atoms with Gasteiger partial charge in [0.05, 0.1) is 5.69 Å². The van der Waals surface area contributed by atoms with Gasteiger partial charge in [-0.15, -0.1) is 0 Å². The lowest BCUT2D eigenvalue weighted by Crippen LogP contribution is -2.59. The van der Waals surface area contributed by atoms with Gasteiger partial charge in [-0.3, -0.25) is 4.79 Å². The molecule has 1 aromatic heterocycles. The zero-order valence-corrected chi connectivity index (χ0v) is 14.3. The quantitative estimate of drug-likeness (QED) is 0.928. The number of hydrogen-bond donors (Lipinski definition) is 1. The fourth-order valence-electron chi connectivity index (χ4n) is 5.93. The van der Waals surface area contributed by atoms with Crippen molar-refractivity contribution in [3.05, 3.63) is 48.4 Å². The molecule has 1 amide bonds. The Morgan fingerprint density at radius 2 is 1.68 bits per heavy atom. The molecule has 0 spiro atoms. The first kappa shape index (κ1) is 15.1. The minimum atomic E-state index is 0.0324. The Morgan fingerprint density at radius 1 is 1.00 bits per heavy atom. The average molecular weight is 333 g/mol. The molecular formula is C21H23N3O. The molecule has 25 heavy (non-hydrogen) atoms. The molecule has 6 rings (SSSR count). The van der Waals surface area contributed by atoms with Crippen molar-refractivity contribution in [3.63, 3.8) is 0 Å². The Labute approximate surface area is 148 Å². The van der Waals surface area contributed by atoms with Crippen molar-refractivity contribution >= 4 is 5.91 Å². The Morgan fingerprint density at radius 3 is 2.32 bits per heavy atom. The van der Waals surface area contributed by atoms with Crippen LogP contribution in [0.25, 0.3) is 11.3 Å². The minimum Gasteiger partial charge on any atom is -0.347 e. The van der Waals surface area contributed by atoms with Gasteiger partial charge in [0, 0.05) is 22.9 Å². The van der Waals surface area contributed by atoms with E-state index in [0.29, 0.717) is 0 Å². The van der Waals surface area contributed by atoms with Crippen molar-refractivity contribution < 1.29 is 4.79 Å². The van der Waals surface area contributed by atoms with Gasteiger partial charge in [0.25, 0.3) is 5.91 Å². The molecule has 4 saturated carbocycles. The van der Waals surface area contributed by atoms with E-state index in [1.807, 2.05) is 30.3 Å². The summed E-state index contributed by atoms with van der Waals surface area (Å²) in [6.45, 7) is 0. The summed E-state index contributed by atoms with van der Waals surface area (Å²) < 4.78 is 0. The highest BCUT2D eigenvalue weighted by Crippen LogP contribution is 2.55. The van der Waals surface area contributed by atoms with Crippen molar-refractivity contribution in [1.82, 2.24) is 15.3 Å². The second-order valence-electron chi connectivity index (χ2n) is 8.29. The third kappa shape index (κ3) is 2.64. The molecule has 4 heteroatoms. The highest BCUT2D eigenvalue weighted by Gasteiger charge is 2.51. The first-order valence-electron chi connectivity index (χ1n) is 9.39. The summed E-state index contributed by atoms with van der Waals surface area (Å²) in [6, 6.07) is 9.62. The van der Waals surface area contributed by atoms with Gasteiger partial charge in [0.2, 0.25) is 0 Å². The zero-order valence-electron chi connectivity index (χ0n) is 14.3. The van der Waals surface area contributed by atoms with Crippen LogP contribution in [0.4, 0.5) is 0 Å². The van der Waals surface area contributed by atoms with Crippen molar-refractivity contribution in [2.75, 3.05) is 0 Å². The van der Waals surface area contributed by atoms with Crippen LogP contribution in [-0.2, 0) is 0 Å². The van der Waals surface area contributed by atoms with Crippen molar-refractivity contribution in [2.45, 2.75) is 44.1 Å². The molecule has 4 aliphatic rings. The van der Waals surface area contributed by atoms with E-state index in [1.165, 1.54) is 44.9 Å². The fourth-order valence-corrected chi connectivity index (χ4v) is 5.93. The molecule has 0 atom stereocenters. The van der Waals surface area contributed by atoms with E-state index >= 15 is 0 Å². The third-order valence-electron chi connectivity index (χ3n) is 6.45. The summed E-state index contributed by atoms with van der Waals surface area (Å²) in [7, 11) is 0. The summed E-state index contributed by atoms with van der Waals surface area (Å²) in [5, 5.41) is 3.47. The number of nitrogens with zero attached hydrogens (tertiary/aromatic N) is 2. The number of amides is 1. The van der Waals surface area contributed by atoms with Crippen LogP contribution in [-0.4, -0.2) is 21.4 Å². The summed E-state index contributed by atoms with van der Waals surface area (Å²) in [6.07, 6.45) is 10.9. The molecule has 4 nitrogen and oxygen atoms in total. The maximum atomic E-state index is 13.2. The number of carbonyl (C=O) groups excluding carboxylic acids is 1. The van der Waals surface area contributed by atoms with Crippen molar-refractivity contribution in [2.24, 2.45) is 17.8 Å². The largest absolute Gasteiger partial charge is 0.347 e. The lowest BCUT2D eigenvalue weighted by atomic mass is 9.53. The topological polar surface area (TPSA) is 54.9 Å². The van der Waals surface area contributed by atoms with Crippen molar-refractivity contribution in [1.29, 1.82) is 0 Å². The van der Waals surface area contributed by atoms with Crippen molar-refractivity contribution in [3.8, 4) is 11.3 Å². The normalized spacial score (nSPS) is 32.6. The van der Waals surface area contributed by atoms with E-state index in [1.54, 1.807) is 6.20 Å². The van der Waals surface area contributed by atoms with Crippen LogP contribution in [0.2, 0.25) is 0 Å². The van der Waals surface area contributed by atoms with Gasteiger partial charge in [-0.25, -0.2) is 9.97 Å². The zero-order chi connectivity index (χ0) is 16.9. The van der Waals surface area contributed by atoms with E-state index in [4.69, 9.17) is 0 Å². The number of aromatic nitrogens is 2. The summed E-state index contributed by atoms with van der Waals surface area (Å²) in [5.41, 5.74) is 2.43. The van der Waals surface area contributed by atoms with E-state index < -0.39 is 0 Å². The number of nitrogens with one attached hydrogen (secondary N) is 1. The molecule has 0 aliphatic heterocycles. The maximum absolute atomic E-state index is 13.2. The molecule has 4 bridgehead atoms. The molecule has 0 radical (unpaired) electrons. The van der Waals surface area contributed by atoms with Gasteiger partial charge in [0.15, 0.2) is 0 Å². The number of rotatable bonds is 3. The number of benzene rings is 1. The highest BCUT2D eigenvalue weighted by molar-refractivity contribution is 6.00. The molecule has 2 aromatic rings. The van der Waals surface area contributed by atoms with Gasteiger partial charge >= 0.3 is 0 Å².